The van der Waals surface area contributed by atoms with Crippen molar-refractivity contribution in [3.8, 4) is 0 Å². The molecule has 0 aromatic heterocycles. The molecule has 2 aromatic rings. The molecule has 0 bridgehead atoms. The van der Waals surface area contributed by atoms with E-state index in [0.717, 1.165) is 16.7 Å². The Kier molecular flexibility index (Phi) is 4.17. The molecule has 20 heavy (non-hydrogen) atoms. The van der Waals surface area contributed by atoms with Gasteiger partial charge in [0.25, 0.3) is 0 Å². The van der Waals surface area contributed by atoms with Crippen molar-refractivity contribution >= 4 is 11.6 Å². The minimum absolute atomic E-state index is 0.142. The van der Waals surface area contributed by atoms with Crippen LogP contribution >= 0.6 is 11.6 Å². The average molecular weight is 293 g/mol. The van der Waals surface area contributed by atoms with Crippen LogP contribution in [0.25, 0.3) is 0 Å². The Morgan fingerprint density at radius 3 is 2.55 bits per heavy atom. The SMILES string of the molecule is Cc1ccc(C)c(C(C)(O)Cc2c(F)cccc2Cl)c1. The van der Waals surface area contributed by atoms with E-state index in [9.17, 15) is 9.50 Å². The molecule has 0 radical (unpaired) electrons. The van der Waals surface area contributed by atoms with Gasteiger partial charge in [-0.3, -0.25) is 0 Å². The van der Waals surface area contributed by atoms with Crippen LogP contribution in [-0.4, -0.2) is 5.11 Å². The summed E-state index contributed by atoms with van der Waals surface area (Å²) < 4.78 is 13.9. The normalized spacial score (nSPS) is 14.1. The molecule has 1 unspecified atom stereocenters. The monoisotopic (exact) mass is 292 g/mol. The predicted octanol–water partition coefficient (Wildman–Crippen LogP) is 4.55. The third kappa shape index (κ3) is 3.02. The highest BCUT2D eigenvalue weighted by Gasteiger charge is 2.27. The molecule has 0 heterocycles. The van der Waals surface area contributed by atoms with E-state index in [4.69, 9.17) is 11.6 Å². The van der Waals surface area contributed by atoms with E-state index in [1.54, 1.807) is 19.1 Å². The number of rotatable bonds is 3. The number of aliphatic hydroxyl groups is 1. The van der Waals surface area contributed by atoms with Crippen LogP contribution in [0.5, 0.6) is 0 Å². The second-order valence-electron chi connectivity index (χ2n) is 5.47. The highest BCUT2D eigenvalue weighted by molar-refractivity contribution is 6.31. The van der Waals surface area contributed by atoms with Crippen LogP contribution in [0.15, 0.2) is 36.4 Å². The lowest BCUT2D eigenvalue weighted by molar-refractivity contribution is 0.0560. The van der Waals surface area contributed by atoms with Crippen LogP contribution in [0, 0.1) is 19.7 Å². The summed E-state index contributed by atoms with van der Waals surface area (Å²) >= 11 is 6.04. The Morgan fingerprint density at radius 2 is 1.90 bits per heavy atom. The standard InChI is InChI=1S/C17H18ClFO/c1-11-7-8-12(2)14(9-11)17(3,20)10-13-15(18)5-4-6-16(13)19/h4-9,20H,10H2,1-3H3. The smallest absolute Gasteiger partial charge is 0.128 e. The fourth-order valence-electron chi connectivity index (χ4n) is 2.46. The maximum absolute atomic E-state index is 13.9. The van der Waals surface area contributed by atoms with E-state index in [2.05, 4.69) is 0 Å². The van der Waals surface area contributed by atoms with Crippen molar-refractivity contribution < 1.29 is 9.50 Å². The molecule has 0 aliphatic rings. The molecule has 0 fully saturated rings. The Balaban J connectivity index is 2.43. The van der Waals surface area contributed by atoms with Gasteiger partial charge in [0, 0.05) is 17.0 Å². The lowest BCUT2D eigenvalue weighted by Crippen LogP contribution is -2.26. The van der Waals surface area contributed by atoms with E-state index in [-0.39, 0.29) is 12.2 Å². The van der Waals surface area contributed by atoms with Gasteiger partial charge in [0.1, 0.15) is 5.82 Å². The molecule has 1 N–H and O–H groups in total. The van der Waals surface area contributed by atoms with E-state index >= 15 is 0 Å². The molecule has 0 saturated heterocycles. The van der Waals surface area contributed by atoms with Gasteiger partial charge in [-0.25, -0.2) is 4.39 Å². The number of hydrogen-bond acceptors (Lipinski definition) is 1. The fraction of sp³-hybridized carbons (Fsp3) is 0.294. The van der Waals surface area contributed by atoms with Gasteiger partial charge in [0.05, 0.1) is 5.60 Å². The largest absolute Gasteiger partial charge is 0.385 e. The van der Waals surface area contributed by atoms with E-state index in [1.807, 2.05) is 32.0 Å². The van der Waals surface area contributed by atoms with Crippen molar-refractivity contribution in [1.82, 2.24) is 0 Å². The molecule has 0 aliphatic carbocycles. The van der Waals surface area contributed by atoms with Gasteiger partial charge in [-0.2, -0.15) is 0 Å². The van der Waals surface area contributed by atoms with Crippen molar-refractivity contribution in [3.63, 3.8) is 0 Å². The first-order chi connectivity index (χ1) is 9.31. The molecule has 1 nitrogen and oxygen atoms in total. The van der Waals surface area contributed by atoms with Crippen LogP contribution in [-0.2, 0) is 12.0 Å². The second kappa shape index (κ2) is 5.55. The molecule has 2 aromatic carbocycles. The molecule has 0 saturated carbocycles. The molecule has 0 aliphatic heterocycles. The summed E-state index contributed by atoms with van der Waals surface area (Å²) in [5, 5.41) is 11.1. The number of aryl methyl sites for hydroxylation is 2. The number of hydrogen-bond donors (Lipinski definition) is 1. The first-order valence-corrected chi connectivity index (χ1v) is 6.92. The molecule has 106 valence electrons. The molecule has 1 atom stereocenters. The minimum Gasteiger partial charge on any atom is -0.385 e. The predicted molar refractivity (Wildman–Crippen MR) is 80.6 cm³/mol. The van der Waals surface area contributed by atoms with Crippen molar-refractivity contribution in [2.24, 2.45) is 0 Å². The van der Waals surface area contributed by atoms with E-state index < -0.39 is 5.60 Å². The summed E-state index contributed by atoms with van der Waals surface area (Å²) in [6, 6.07) is 10.4. The fourth-order valence-corrected chi connectivity index (χ4v) is 2.69. The van der Waals surface area contributed by atoms with Gasteiger partial charge in [0.15, 0.2) is 0 Å². The van der Waals surface area contributed by atoms with Crippen molar-refractivity contribution in [2.45, 2.75) is 32.8 Å². The van der Waals surface area contributed by atoms with Crippen molar-refractivity contribution in [1.29, 1.82) is 0 Å². The summed E-state index contributed by atoms with van der Waals surface area (Å²) in [6.07, 6.45) is 0.142. The van der Waals surface area contributed by atoms with Crippen molar-refractivity contribution in [3.05, 3.63) is 69.5 Å². The maximum Gasteiger partial charge on any atom is 0.128 e. The van der Waals surface area contributed by atoms with Crippen LogP contribution in [0.1, 0.15) is 29.2 Å². The van der Waals surface area contributed by atoms with E-state index in [0.29, 0.717) is 10.6 Å². The van der Waals surface area contributed by atoms with Crippen LogP contribution in [0.3, 0.4) is 0 Å². The Bertz CT molecular complexity index is 615. The summed E-state index contributed by atoms with van der Waals surface area (Å²) in [6.45, 7) is 5.60. The highest BCUT2D eigenvalue weighted by atomic mass is 35.5. The zero-order valence-corrected chi connectivity index (χ0v) is 12.6. The third-order valence-corrected chi connectivity index (χ3v) is 3.91. The first-order valence-electron chi connectivity index (χ1n) is 6.54. The average Bonchev–Trinajstić information content (AvgIpc) is 2.37. The molecule has 3 heteroatoms. The number of halogens is 2. The van der Waals surface area contributed by atoms with Crippen LogP contribution in [0.4, 0.5) is 4.39 Å². The second-order valence-corrected chi connectivity index (χ2v) is 5.88. The van der Waals surface area contributed by atoms with Crippen LogP contribution in [0.2, 0.25) is 5.02 Å². The van der Waals surface area contributed by atoms with Crippen LogP contribution < -0.4 is 0 Å². The van der Waals surface area contributed by atoms with Gasteiger partial charge < -0.3 is 5.11 Å². The van der Waals surface area contributed by atoms with Crippen molar-refractivity contribution in [2.75, 3.05) is 0 Å². The molecule has 0 spiro atoms. The Labute approximate surface area is 124 Å². The highest BCUT2D eigenvalue weighted by Crippen LogP contribution is 2.32. The van der Waals surface area contributed by atoms with Gasteiger partial charge >= 0.3 is 0 Å². The number of benzene rings is 2. The zero-order valence-electron chi connectivity index (χ0n) is 11.9. The van der Waals surface area contributed by atoms with E-state index in [1.165, 1.54) is 6.07 Å². The summed E-state index contributed by atoms with van der Waals surface area (Å²) in [5.41, 5.74) is 2.03. The summed E-state index contributed by atoms with van der Waals surface area (Å²) in [5.74, 6) is -0.386. The first kappa shape index (κ1) is 15.0. The minimum atomic E-state index is -1.16. The van der Waals surface area contributed by atoms with Gasteiger partial charge in [-0.15, -0.1) is 0 Å². The lowest BCUT2D eigenvalue weighted by atomic mass is 9.85. The van der Waals surface area contributed by atoms with Gasteiger partial charge in [-0.1, -0.05) is 41.4 Å². The molecule has 2 rings (SSSR count). The topological polar surface area (TPSA) is 20.2 Å². The molecule has 0 amide bonds. The summed E-state index contributed by atoms with van der Waals surface area (Å²) in [7, 11) is 0. The lowest BCUT2D eigenvalue weighted by Gasteiger charge is -2.27. The Morgan fingerprint density at radius 1 is 1.20 bits per heavy atom. The third-order valence-electron chi connectivity index (χ3n) is 3.56. The Hall–Kier alpha value is -1.38. The summed E-state index contributed by atoms with van der Waals surface area (Å²) in [4.78, 5) is 0. The quantitative estimate of drug-likeness (QED) is 0.880. The maximum atomic E-state index is 13.9. The molecular formula is C17H18ClFO. The van der Waals surface area contributed by atoms with Gasteiger partial charge in [-0.05, 0) is 44.0 Å². The zero-order chi connectivity index (χ0) is 14.9. The van der Waals surface area contributed by atoms with Gasteiger partial charge in [0.2, 0.25) is 0 Å². The molecular weight excluding hydrogens is 275 g/mol.